The normalized spacial score (nSPS) is 12.3. The molecule has 1 atom stereocenters. The van der Waals surface area contributed by atoms with E-state index in [4.69, 9.17) is 29.6 Å². The van der Waals surface area contributed by atoms with E-state index >= 15 is 0 Å². The minimum Gasteiger partial charge on any atom is -0.392 e. The minimum atomic E-state index is -0.676. The molecule has 1 unspecified atom stereocenters. The van der Waals surface area contributed by atoms with E-state index in [-0.39, 0.29) is 21.5 Å². The Morgan fingerprint density at radius 1 is 1.50 bits per heavy atom. The molecule has 0 bridgehead atoms. The highest BCUT2D eigenvalue weighted by molar-refractivity contribution is 7.80. The summed E-state index contributed by atoms with van der Waals surface area (Å²) < 4.78 is 13.5. The molecule has 0 aliphatic heterocycles. The Labute approximate surface area is 115 Å². The maximum atomic E-state index is 13.5. The van der Waals surface area contributed by atoms with Crippen molar-refractivity contribution < 1.29 is 9.18 Å². The van der Waals surface area contributed by atoms with Crippen molar-refractivity contribution in [2.75, 3.05) is 0 Å². The van der Waals surface area contributed by atoms with Crippen molar-refractivity contribution in [1.29, 1.82) is 0 Å². The first kappa shape index (κ1) is 14.9. The molecule has 0 fully saturated rings. The van der Waals surface area contributed by atoms with Gasteiger partial charge in [-0.2, -0.15) is 0 Å². The molecule has 1 amide bonds. The molecule has 18 heavy (non-hydrogen) atoms. The number of benzene rings is 1. The average molecular weight is 289 g/mol. The maximum absolute atomic E-state index is 13.5. The topological polar surface area (TPSA) is 55.1 Å². The molecular formula is C12H14ClFN2OS. The van der Waals surface area contributed by atoms with Crippen molar-refractivity contribution in [3.05, 3.63) is 34.6 Å². The molecule has 0 heterocycles. The van der Waals surface area contributed by atoms with Crippen LogP contribution in [0.2, 0.25) is 5.02 Å². The Hall–Kier alpha value is -1.20. The van der Waals surface area contributed by atoms with Gasteiger partial charge < -0.3 is 11.1 Å². The summed E-state index contributed by atoms with van der Waals surface area (Å²) in [6.07, 6.45) is 0. The number of carbonyl (C=O) groups is 1. The lowest BCUT2D eigenvalue weighted by molar-refractivity contribution is 0.0936. The molecule has 0 spiro atoms. The quantitative estimate of drug-likeness (QED) is 0.837. The smallest absolute Gasteiger partial charge is 0.256 e. The van der Waals surface area contributed by atoms with Crippen LogP contribution >= 0.6 is 23.8 Å². The largest absolute Gasteiger partial charge is 0.392 e. The van der Waals surface area contributed by atoms with Gasteiger partial charge in [0.15, 0.2) is 0 Å². The number of hydrogen-bond acceptors (Lipinski definition) is 2. The molecular weight excluding hydrogens is 275 g/mol. The summed E-state index contributed by atoms with van der Waals surface area (Å²) in [4.78, 5) is 12.1. The van der Waals surface area contributed by atoms with Crippen LogP contribution in [-0.4, -0.2) is 16.9 Å². The highest BCUT2D eigenvalue weighted by Gasteiger charge is 2.22. The number of rotatable bonds is 4. The van der Waals surface area contributed by atoms with Crippen molar-refractivity contribution in [2.45, 2.75) is 19.9 Å². The second-order valence-corrected chi connectivity index (χ2v) is 5.07. The van der Waals surface area contributed by atoms with Crippen LogP contribution in [-0.2, 0) is 0 Å². The van der Waals surface area contributed by atoms with Gasteiger partial charge in [0.25, 0.3) is 5.91 Å². The number of halogens is 2. The molecule has 98 valence electrons. The van der Waals surface area contributed by atoms with E-state index in [9.17, 15) is 9.18 Å². The summed E-state index contributed by atoms with van der Waals surface area (Å²) >= 11 is 10.7. The van der Waals surface area contributed by atoms with Crippen molar-refractivity contribution in [1.82, 2.24) is 5.32 Å². The van der Waals surface area contributed by atoms with E-state index in [0.717, 1.165) is 0 Å². The Kier molecular flexibility index (Phi) is 5.04. The highest BCUT2D eigenvalue weighted by atomic mass is 35.5. The van der Waals surface area contributed by atoms with Crippen molar-refractivity contribution in [3.63, 3.8) is 0 Å². The van der Waals surface area contributed by atoms with Gasteiger partial charge in [0, 0.05) is 0 Å². The van der Waals surface area contributed by atoms with Gasteiger partial charge in [-0.1, -0.05) is 43.7 Å². The van der Waals surface area contributed by atoms with Gasteiger partial charge in [0.1, 0.15) is 5.82 Å². The number of carbonyl (C=O) groups excluding carboxylic acids is 1. The lowest BCUT2D eigenvalue weighted by Crippen LogP contribution is -2.47. The van der Waals surface area contributed by atoms with Gasteiger partial charge in [-0.15, -0.1) is 0 Å². The first-order valence-electron chi connectivity index (χ1n) is 5.38. The zero-order valence-electron chi connectivity index (χ0n) is 10.0. The fourth-order valence-electron chi connectivity index (χ4n) is 1.49. The summed E-state index contributed by atoms with van der Waals surface area (Å²) in [7, 11) is 0. The van der Waals surface area contributed by atoms with E-state index < -0.39 is 17.8 Å². The molecule has 3 N–H and O–H groups in total. The van der Waals surface area contributed by atoms with E-state index in [1.54, 1.807) is 0 Å². The first-order chi connectivity index (χ1) is 8.34. The van der Waals surface area contributed by atoms with E-state index in [2.05, 4.69) is 5.32 Å². The average Bonchev–Trinajstić information content (AvgIpc) is 2.24. The lowest BCUT2D eigenvalue weighted by Gasteiger charge is -2.21. The van der Waals surface area contributed by atoms with Gasteiger partial charge in [-0.25, -0.2) is 4.39 Å². The van der Waals surface area contributed by atoms with E-state index in [0.29, 0.717) is 0 Å². The van der Waals surface area contributed by atoms with Gasteiger partial charge in [0.05, 0.1) is 21.6 Å². The second kappa shape index (κ2) is 6.11. The monoisotopic (exact) mass is 288 g/mol. The lowest BCUT2D eigenvalue weighted by atomic mass is 10.0. The molecule has 0 saturated carbocycles. The Morgan fingerprint density at radius 2 is 2.11 bits per heavy atom. The zero-order valence-corrected chi connectivity index (χ0v) is 11.6. The van der Waals surface area contributed by atoms with Crippen molar-refractivity contribution in [3.8, 4) is 0 Å². The van der Waals surface area contributed by atoms with Crippen LogP contribution in [0.4, 0.5) is 4.39 Å². The molecule has 1 aromatic rings. The Bertz CT molecular complexity index is 459. The standard InChI is InChI=1S/C12H14ClFN2OS/c1-6(2)10(11(15)18)16-12(17)9-7(13)4-3-5-8(9)14/h3-6,10H,1-2H3,(H2,15,18)(H,16,17). The van der Waals surface area contributed by atoms with Gasteiger partial charge in [-0.05, 0) is 18.1 Å². The molecule has 0 saturated heterocycles. The summed E-state index contributed by atoms with van der Waals surface area (Å²) in [5.74, 6) is -1.29. The first-order valence-corrected chi connectivity index (χ1v) is 6.17. The molecule has 0 aliphatic rings. The van der Waals surface area contributed by atoms with Crippen LogP contribution in [0.25, 0.3) is 0 Å². The van der Waals surface area contributed by atoms with Gasteiger partial charge in [-0.3, -0.25) is 4.79 Å². The number of amides is 1. The molecule has 0 radical (unpaired) electrons. The maximum Gasteiger partial charge on any atom is 0.256 e. The number of thiocarbonyl (C=S) groups is 1. The molecule has 0 aromatic heterocycles. The Morgan fingerprint density at radius 3 is 2.56 bits per heavy atom. The van der Waals surface area contributed by atoms with E-state index in [1.807, 2.05) is 13.8 Å². The van der Waals surface area contributed by atoms with Crippen LogP contribution in [0.3, 0.4) is 0 Å². The number of nitrogens with two attached hydrogens (primary N) is 1. The van der Waals surface area contributed by atoms with E-state index in [1.165, 1.54) is 18.2 Å². The van der Waals surface area contributed by atoms with Gasteiger partial charge in [0.2, 0.25) is 0 Å². The SMILES string of the molecule is CC(C)C(NC(=O)c1c(F)cccc1Cl)C(N)=S. The molecule has 1 aromatic carbocycles. The third-order valence-electron chi connectivity index (χ3n) is 2.45. The fourth-order valence-corrected chi connectivity index (χ4v) is 2.07. The Balaban J connectivity index is 2.98. The summed E-state index contributed by atoms with van der Waals surface area (Å²) in [5.41, 5.74) is 5.34. The van der Waals surface area contributed by atoms with Crippen molar-refractivity contribution in [2.24, 2.45) is 11.7 Å². The zero-order chi connectivity index (χ0) is 13.9. The van der Waals surface area contributed by atoms with Crippen LogP contribution in [0.5, 0.6) is 0 Å². The van der Waals surface area contributed by atoms with Gasteiger partial charge >= 0.3 is 0 Å². The highest BCUT2D eigenvalue weighted by Crippen LogP contribution is 2.19. The van der Waals surface area contributed by atoms with Crippen LogP contribution in [0.1, 0.15) is 24.2 Å². The molecule has 6 heteroatoms. The van der Waals surface area contributed by atoms with Crippen LogP contribution in [0, 0.1) is 11.7 Å². The molecule has 3 nitrogen and oxygen atoms in total. The number of nitrogens with one attached hydrogen (secondary N) is 1. The molecule has 1 rings (SSSR count). The summed E-state index contributed by atoms with van der Waals surface area (Å²) in [6, 6.07) is 3.56. The van der Waals surface area contributed by atoms with Crippen molar-refractivity contribution >= 4 is 34.7 Å². The third-order valence-corrected chi connectivity index (χ3v) is 3.02. The second-order valence-electron chi connectivity index (χ2n) is 4.19. The molecule has 0 aliphatic carbocycles. The third kappa shape index (κ3) is 3.40. The van der Waals surface area contributed by atoms with Crippen LogP contribution < -0.4 is 11.1 Å². The fraction of sp³-hybridized carbons (Fsp3) is 0.333. The predicted molar refractivity (Wildman–Crippen MR) is 74.3 cm³/mol. The predicted octanol–water partition coefficient (Wildman–Crippen LogP) is 2.52. The number of hydrogen-bond donors (Lipinski definition) is 2. The summed E-state index contributed by atoms with van der Waals surface area (Å²) in [5, 5.41) is 2.64. The van der Waals surface area contributed by atoms with Crippen LogP contribution in [0.15, 0.2) is 18.2 Å². The minimum absolute atomic E-state index is 0.0111. The summed E-state index contributed by atoms with van der Waals surface area (Å²) in [6.45, 7) is 3.71.